The molecule has 5 heteroatoms. The van der Waals surface area contributed by atoms with Gasteiger partial charge in [-0.05, 0) is 167 Å². The third-order valence-electron chi connectivity index (χ3n) is 14.4. The average Bonchev–Trinajstić information content (AvgIpc) is 4.23. The molecule has 0 spiro atoms. The second-order valence-corrected chi connectivity index (χ2v) is 25.5. The van der Waals surface area contributed by atoms with Gasteiger partial charge in [0.15, 0.2) is 0 Å². The highest BCUT2D eigenvalue weighted by Crippen LogP contribution is 2.41. The van der Waals surface area contributed by atoms with E-state index in [1.54, 1.807) is 0 Å². The Labute approximate surface area is 460 Å². The first-order valence-corrected chi connectivity index (χ1v) is 29.8. The number of rotatable bonds is 0. The molecule has 0 saturated carbocycles. The Morgan fingerprint density at radius 1 is 0.200 bits per heavy atom. The number of hydrogen-bond acceptors (Lipinski definition) is 5. The van der Waals surface area contributed by atoms with Crippen molar-refractivity contribution in [3.63, 3.8) is 0 Å². The molecule has 0 atom stereocenters. The zero-order valence-corrected chi connectivity index (χ0v) is 48.4. The lowest BCUT2D eigenvalue weighted by Crippen LogP contribution is -1.76. The molecular formula is C70H60S5. The molecule has 0 aliphatic heterocycles. The Kier molecular flexibility index (Phi) is 14.2. The molecule has 0 unspecified atom stereocenters. The van der Waals surface area contributed by atoms with E-state index in [0.29, 0.717) is 0 Å². The summed E-state index contributed by atoms with van der Waals surface area (Å²) >= 11 is 9.49. The van der Waals surface area contributed by atoms with Crippen molar-refractivity contribution in [3.05, 3.63) is 238 Å². The minimum Gasteiger partial charge on any atom is -0.135 e. The van der Waals surface area contributed by atoms with Gasteiger partial charge in [0.25, 0.3) is 0 Å². The first-order chi connectivity index (χ1) is 36.3. The summed E-state index contributed by atoms with van der Waals surface area (Å²) in [5.74, 6) is 0. The zero-order chi connectivity index (χ0) is 52.1. The quantitative estimate of drug-likeness (QED) is 0.142. The monoisotopic (exact) mass is 1060 g/mol. The highest BCUT2D eigenvalue weighted by Gasteiger charge is 2.11. The van der Waals surface area contributed by atoms with Crippen molar-refractivity contribution in [2.75, 3.05) is 0 Å². The molecule has 0 nitrogen and oxygen atoms in total. The normalized spacial score (nSPS) is 11.3. The SMILES string of the molecule is Cc1ccc2c(c1)sc1c(C)cccc12.Cc1ccc2c(c1)sc1cc(C)ccc12.Cc1ccc2c(c1)sc1cccc(C)c12.Cc1cccc2c1sc1c(C)cccc12.Cc1cccc2sc3cccc(C)c3c12. The van der Waals surface area contributed by atoms with Gasteiger partial charge in [0.05, 0.1) is 0 Å². The van der Waals surface area contributed by atoms with Gasteiger partial charge in [-0.2, -0.15) is 0 Å². The molecule has 5 aromatic heterocycles. The van der Waals surface area contributed by atoms with Crippen LogP contribution in [0.3, 0.4) is 0 Å². The van der Waals surface area contributed by atoms with Gasteiger partial charge >= 0.3 is 0 Å². The summed E-state index contributed by atoms with van der Waals surface area (Å²) in [6.45, 7) is 21.7. The smallest absolute Gasteiger partial charge is 0.0384 e. The van der Waals surface area contributed by atoms with E-state index < -0.39 is 0 Å². The van der Waals surface area contributed by atoms with Crippen LogP contribution in [0.1, 0.15) is 55.6 Å². The van der Waals surface area contributed by atoms with Crippen molar-refractivity contribution < 1.29 is 0 Å². The predicted molar refractivity (Wildman–Crippen MR) is 344 cm³/mol. The van der Waals surface area contributed by atoms with Crippen molar-refractivity contribution in [3.8, 4) is 0 Å². The van der Waals surface area contributed by atoms with Gasteiger partial charge in [-0.25, -0.2) is 0 Å². The van der Waals surface area contributed by atoms with E-state index in [1.165, 1.54) is 156 Å². The van der Waals surface area contributed by atoms with Crippen LogP contribution in [0.4, 0.5) is 0 Å². The van der Waals surface area contributed by atoms with Crippen molar-refractivity contribution in [2.24, 2.45) is 0 Å². The highest BCUT2D eigenvalue weighted by atomic mass is 32.1. The molecule has 15 aromatic rings. The summed E-state index contributed by atoms with van der Waals surface area (Å²) in [5.41, 5.74) is 13.6. The first-order valence-electron chi connectivity index (χ1n) is 25.7. The minimum absolute atomic E-state index is 1.34. The third-order valence-corrected chi connectivity index (χ3v) is 20.5. The fraction of sp³-hybridized carbons (Fsp3) is 0.143. The van der Waals surface area contributed by atoms with E-state index in [4.69, 9.17) is 0 Å². The van der Waals surface area contributed by atoms with Crippen molar-refractivity contribution in [2.45, 2.75) is 69.2 Å². The van der Waals surface area contributed by atoms with Crippen LogP contribution in [0, 0.1) is 69.2 Å². The third kappa shape index (κ3) is 10.0. The number of aryl methyl sites for hydroxylation is 10. The fourth-order valence-corrected chi connectivity index (χ4v) is 16.8. The molecule has 370 valence electrons. The Morgan fingerprint density at radius 2 is 0.480 bits per heavy atom. The number of benzene rings is 10. The molecule has 0 bridgehead atoms. The van der Waals surface area contributed by atoms with Crippen molar-refractivity contribution >= 4 is 158 Å². The van der Waals surface area contributed by atoms with E-state index in [1.807, 2.05) is 56.7 Å². The second-order valence-electron chi connectivity index (χ2n) is 20.2. The molecule has 0 aliphatic carbocycles. The van der Waals surface area contributed by atoms with Crippen LogP contribution >= 0.6 is 56.7 Å². The van der Waals surface area contributed by atoms with Crippen LogP contribution in [0.15, 0.2) is 182 Å². The van der Waals surface area contributed by atoms with Gasteiger partial charge in [-0.15, -0.1) is 56.7 Å². The van der Waals surface area contributed by atoms with Crippen LogP contribution in [0.2, 0.25) is 0 Å². The topological polar surface area (TPSA) is 0 Å². The summed E-state index contributed by atoms with van der Waals surface area (Å²) in [6.07, 6.45) is 0. The minimum atomic E-state index is 1.34. The Bertz CT molecular complexity index is 4420. The number of hydrogen-bond donors (Lipinski definition) is 0. The van der Waals surface area contributed by atoms with Crippen LogP contribution in [-0.4, -0.2) is 0 Å². The van der Waals surface area contributed by atoms with Gasteiger partial charge in [0.2, 0.25) is 0 Å². The summed E-state index contributed by atoms with van der Waals surface area (Å²) in [6, 6.07) is 66.1. The standard InChI is InChI=1S/5C14H12S/c1-9-3-5-11-12-6-4-10(2)8-14(12)15-13(11)7-9;1-9-5-3-7-11-13(9)14-10(2)6-4-8-12(14)15-11;1-9-5-3-7-11-12-8-4-6-10(2)14(12)15-13(9)11;1-9-6-7-11-13(8-9)15-12-5-3-4-10(2)14(11)12;1-9-6-7-11-12-5-3-4-10(2)14(12)15-13(11)8-9/h5*3-8H,1-2H3. The van der Waals surface area contributed by atoms with E-state index >= 15 is 0 Å². The molecule has 0 saturated heterocycles. The molecule has 0 amide bonds. The van der Waals surface area contributed by atoms with Crippen LogP contribution in [-0.2, 0) is 0 Å². The lowest BCUT2D eigenvalue weighted by Gasteiger charge is -1.99. The van der Waals surface area contributed by atoms with E-state index in [9.17, 15) is 0 Å². The predicted octanol–water partition coefficient (Wildman–Crippen LogP) is 23.4. The molecule has 0 aliphatic rings. The van der Waals surface area contributed by atoms with Crippen LogP contribution in [0.5, 0.6) is 0 Å². The van der Waals surface area contributed by atoms with Crippen molar-refractivity contribution in [1.29, 1.82) is 0 Å². The molecule has 15 rings (SSSR count). The zero-order valence-electron chi connectivity index (χ0n) is 44.4. The highest BCUT2D eigenvalue weighted by molar-refractivity contribution is 7.27. The molecule has 0 N–H and O–H groups in total. The van der Waals surface area contributed by atoms with E-state index in [-0.39, 0.29) is 0 Å². The summed E-state index contributed by atoms with van der Waals surface area (Å²) in [7, 11) is 0. The van der Waals surface area contributed by atoms with E-state index in [0.717, 1.165) is 0 Å². The Balaban J connectivity index is 0.000000100. The van der Waals surface area contributed by atoms with Gasteiger partial charge < -0.3 is 0 Å². The van der Waals surface area contributed by atoms with Gasteiger partial charge in [0.1, 0.15) is 0 Å². The lowest BCUT2D eigenvalue weighted by molar-refractivity contribution is 1.51. The van der Waals surface area contributed by atoms with Crippen LogP contribution < -0.4 is 0 Å². The van der Waals surface area contributed by atoms with Crippen molar-refractivity contribution in [1.82, 2.24) is 0 Å². The molecule has 75 heavy (non-hydrogen) atoms. The first kappa shape index (κ1) is 50.5. The Morgan fingerprint density at radius 3 is 0.920 bits per heavy atom. The molecule has 10 aromatic carbocycles. The van der Waals surface area contributed by atoms with E-state index in [2.05, 4.69) is 251 Å². The molecule has 5 heterocycles. The van der Waals surface area contributed by atoms with Crippen LogP contribution in [0.25, 0.3) is 101 Å². The lowest BCUT2D eigenvalue weighted by atomic mass is 10.0. The second kappa shape index (κ2) is 21.1. The molecular weight excluding hydrogens is 1000 g/mol. The number of thiophene rings is 5. The summed E-state index contributed by atoms with van der Waals surface area (Å²) in [4.78, 5) is 0. The fourth-order valence-electron chi connectivity index (χ4n) is 10.5. The van der Waals surface area contributed by atoms with Gasteiger partial charge in [-0.1, -0.05) is 140 Å². The summed E-state index contributed by atoms with van der Waals surface area (Å²) < 4.78 is 14.1. The molecule has 0 radical (unpaired) electrons. The largest absolute Gasteiger partial charge is 0.135 e. The Hall–Kier alpha value is -6.70. The maximum absolute atomic E-state index is 2.28. The van der Waals surface area contributed by atoms with Gasteiger partial charge in [0, 0.05) is 101 Å². The maximum atomic E-state index is 2.28. The summed E-state index contributed by atoms with van der Waals surface area (Å²) in [5, 5.41) is 14.1. The average molecular weight is 1060 g/mol. The number of fused-ring (bicyclic) bond motifs is 15. The molecule has 0 fully saturated rings. The van der Waals surface area contributed by atoms with Gasteiger partial charge in [-0.3, -0.25) is 0 Å². The maximum Gasteiger partial charge on any atom is 0.0384 e.